The van der Waals surface area contributed by atoms with Crippen LogP contribution in [0.15, 0.2) is 18.5 Å². The molecule has 0 bridgehead atoms. The lowest BCUT2D eigenvalue weighted by Gasteiger charge is -2.08. The molecule has 1 rings (SSSR count). The van der Waals surface area contributed by atoms with Gasteiger partial charge in [-0.05, 0) is 25.8 Å². The van der Waals surface area contributed by atoms with Crippen LogP contribution in [0.25, 0.3) is 0 Å². The topological polar surface area (TPSA) is 42.7 Å². The molecule has 0 aromatic carbocycles. The molecular formula is C12H22N4. The fourth-order valence-corrected chi connectivity index (χ4v) is 1.48. The van der Waals surface area contributed by atoms with Gasteiger partial charge in [-0.1, -0.05) is 26.0 Å². The Kier molecular flexibility index (Phi) is 5.78. The van der Waals surface area contributed by atoms with Crippen molar-refractivity contribution in [2.45, 2.75) is 40.3 Å². The molecule has 0 saturated carbocycles. The van der Waals surface area contributed by atoms with Gasteiger partial charge in [-0.25, -0.2) is 9.67 Å². The van der Waals surface area contributed by atoms with Crippen LogP contribution in [0, 0.1) is 5.92 Å². The standard InChI is InChI=1S/C12H22N4/c1-4-5-6-7-13-8-12-14-10-15-16(12)9-11(2)3/h4-5,10-11,13H,6-9H2,1-3H3/b5-4+. The lowest BCUT2D eigenvalue weighted by molar-refractivity contribution is 0.458. The molecule has 16 heavy (non-hydrogen) atoms. The third-order valence-corrected chi connectivity index (χ3v) is 2.24. The number of rotatable bonds is 7. The Hall–Kier alpha value is -1.16. The first-order chi connectivity index (χ1) is 7.74. The molecule has 0 atom stereocenters. The monoisotopic (exact) mass is 222 g/mol. The molecule has 0 spiro atoms. The van der Waals surface area contributed by atoms with E-state index in [0.717, 1.165) is 31.9 Å². The maximum atomic E-state index is 4.26. The molecule has 0 fully saturated rings. The molecule has 4 heteroatoms. The number of allylic oxidation sites excluding steroid dienone is 1. The summed E-state index contributed by atoms with van der Waals surface area (Å²) in [5, 5.41) is 7.58. The molecule has 4 nitrogen and oxygen atoms in total. The van der Waals surface area contributed by atoms with Crippen LogP contribution in [0.1, 0.15) is 33.0 Å². The number of hydrogen-bond donors (Lipinski definition) is 1. The number of nitrogens with one attached hydrogen (secondary N) is 1. The van der Waals surface area contributed by atoms with E-state index in [1.807, 2.05) is 11.6 Å². The number of aromatic nitrogens is 3. The summed E-state index contributed by atoms with van der Waals surface area (Å²) in [5.74, 6) is 1.62. The van der Waals surface area contributed by atoms with E-state index in [9.17, 15) is 0 Å². The fraction of sp³-hybridized carbons (Fsp3) is 0.667. The fourth-order valence-electron chi connectivity index (χ4n) is 1.48. The second-order valence-electron chi connectivity index (χ2n) is 4.29. The predicted molar refractivity (Wildman–Crippen MR) is 66.0 cm³/mol. The van der Waals surface area contributed by atoms with Gasteiger partial charge in [0.2, 0.25) is 0 Å². The van der Waals surface area contributed by atoms with Crippen LogP contribution in [0.2, 0.25) is 0 Å². The van der Waals surface area contributed by atoms with Crippen LogP contribution in [0.5, 0.6) is 0 Å². The van der Waals surface area contributed by atoms with Gasteiger partial charge in [0, 0.05) is 6.54 Å². The van der Waals surface area contributed by atoms with Gasteiger partial charge < -0.3 is 5.32 Å². The smallest absolute Gasteiger partial charge is 0.140 e. The molecule has 0 saturated heterocycles. The minimum absolute atomic E-state index is 0.600. The minimum atomic E-state index is 0.600. The Bertz CT molecular complexity index is 315. The Morgan fingerprint density at radius 2 is 2.31 bits per heavy atom. The van der Waals surface area contributed by atoms with Crippen molar-refractivity contribution < 1.29 is 0 Å². The molecular weight excluding hydrogens is 200 g/mol. The largest absolute Gasteiger partial charge is 0.310 e. The van der Waals surface area contributed by atoms with Gasteiger partial charge in [0.25, 0.3) is 0 Å². The van der Waals surface area contributed by atoms with Crippen LogP contribution in [0.3, 0.4) is 0 Å². The van der Waals surface area contributed by atoms with E-state index in [2.05, 4.69) is 41.4 Å². The van der Waals surface area contributed by atoms with Crippen molar-refractivity contribution in [3.63, 3.8) is 0 Å². The third-order valence-electron chi connectivity index (χ3n) is 2.24. The normalized spacial score (nSPS) is 11.8. The summed E-state index contributed by atoms with van der Waals surface area (Å²) in [5.41, 5.74) is 0. The van der Waals surface area contributed by atoms with E-state index in [1.165, 1.54) is 0 Å². The Balaban J connectivity index is 2.33. The molecule has 0 aliphatic heterocycles. The average Bonchev–Trinajstić information content (AvgIpc) is 2.64. The van der Waals surface area contributed by atoms with Crippen LogP contribution in [-0.4, -0.2) is 21.3 Å². The Labute approximate surface area is 97.8 Å². The molecule has 0 aliphatic carbocycles. The van der Waals surface area contributed by atoms with Crippen molar-refractivity contribution in [3.05, 3.63) is 24.3 Å². The van der Waals surface area contributed by atoms with E-state index in [4.69, 9.17) is 0 Å². The van der Waals surface area contributed by atoms with E-state index in [0.29, 0.717) is 5.92 Å². The molecule has 1 aromatic heterocycles. The molecule has 1 aromatic rings. The van der Waals surface area contributed by atoms with Crippen molar-refractivity contribution in [1.29, 1.82) is 0 Å². The second-order valence-corrected chi connectivity index (χ2v) is 4.29. The van der Waals surface area contributed by atoms with Crippen LogP contribution >= 0.6 is 0 Å². The summed E-state index contributed by atoms with van der Waals surface area (Å²) < 4.78 is 1.98. The first kappa shape index (κ1) is 12.9. The molecule has 1 N–H and O–H groups in total. The number of hydrogen-bond acceptors (Lipinski definition) is 3. The second kappa shape index (κ2) is 7.17. The first-order valence-corrected chi connectivity index (χ1v) is 5.92. The van der Waals surface area contributed by atoms with Gasteiger partial charge in [-0.15, -0.1) is 0 Å². The van der Waals surface area contributed by atoms with E-state index < -0.39 is 0 Å². The first-order valence-electron chi connectivity index (χ1n) is 5.92. The minimum Gasteiger partial charge on any atom is -0.310 e. The van der Waals surface area contributed by atoms with E-state index in [-0.39, 0.29) is 0 Å². The zero-order chi connectivity index (χ0) is 11.8. The van der Waals surface area contributed by atoms with Crippen LogP contribution < -0.4 is 5.32 Å². The summed E-state index contributed by atoms with van der Waals surface area (Å²) in [7, 11) is 0. The highest BCUT2D eigenvalue weighted by Gasteiger charge is 2.04. The molecule has 1 heterocycles. The van der Waals surface area contributed by atoms with Crippen LogP contribution in [0.4, 0.5) is 0 Å². The summed E-state index contributed by atoms with van der Waals surface area (Å²) in [6.07, 6.45) is 6.93. The Morgan fingerprint density at radius 1 is 1.50 bits per heavy atom. The van der Waals surface area contributed by atoms with E-state index >= 15 is 0 Å². The highest BCUT2D eigenvalue weighted by atomic mass is 15.3. The molecule has 0 aliphatic rings. The van der Waals surface area contributed by atoms with Gasteiger partial charge in [-0.2, -0.15) is 5.10 Å². The van der Waals surface area contributed by atoms with Crippen molar-refractivity contribution in [2.24, 2.45) is 5.92 Å². The molecule has 90 valence electrons. The molecule has 0 amide bonds. The molecule has 0 unspecified atom stereocenters. The van der Waals surface area contributed by atoms with Gasteiger partial charge in [0.05, 0.1) is 6.54 Å². The highest BCUT2D eigenvalue weighted by Crippen LogP contribution is 2.00. The van der Waals surface area contributed by atoms with Gasteiger partial charge >= 0.3 is 0 Å². The zero-order valence-corrected chi connectivity index (χ0v) is 10.5. The van der Waals surface area contributed by atoms with Gasteiger partial charge in [0.15, 0.2) is 0 Å². The van der Waals surface area contributed by atoms with E-state index in [1.54, 1.807) is 6.33 Å². The predicted octanol–water partition coefficient (Wildman–Crippen LogP) is 1.99. The summed E-state index contributed by atoms with van der Waals surface area (Å²) >= 11 is 0. The lowest BCUT2D eigenvalue weighted by Crippen LogP contribution is -2.19. The lowest BCUT2D eigenvalue weighted by atomic mass is 10.2. The van der Waals surface area contributed by atoms with Crippen molar-refractivity contribution >= 4 is 0 Å². The molecule has 0 radical (unpaired) electrons. The summed E-state index contributed by atoms with van der Waals surface area (Å²) in [4.78, 5) is 4.26. The average molecular weight is 222 g/mol. The number of nitrogens with zero attached hydrogens (tertiary/aromatic N) is 3. The van der Waals surface area contributed by atoms with Crippen molar-refractivity contribution in [1.82, 2.24) is 20.1 Å². The summed E-state index contributed by atoms with van der Waals surface area (Å²) in [6, 6.07) is 0. The van der Waals surface area contributed by atoms with Crippen molar-refractivity contribution in [2.75, 3.05) is 6.54 Å². The third kappa shape index (κ3) is 4.57. The maximum Gasteiger partial charge on any atom is 0.140 e. The summed E-state index contributed by atoms with van der Waals surface area (Å²) in [6.45, 7) is 9.13. The zero-order valence-electron chi connectivity index (χ0n) is 10.5. The SMILES string of the molecule is C/C=C/CCNCc1ncnn1CC(C)C. The quantitative estimate of drug-likeness (QED) is 0.566. The highest BCUT2D eigenvalue weighted by molar-refractivity contribution is 4.85. The van der Waals surface area contributed by atoms with Gasteiger partial charge in [0.1, 0.15) is 12.2 Å². The maximum absolute atomic E-state index is 4.26. The van der Waals surface area contributed by atoms with Gasteiger partial charge in [-0.3, -0.25) is 0 Å². The van der Waals surface area contributed by atoms with Crippen molar-refractivity contribution in [3.8, 4) is 0 Å². The Morgan fingerprint density at radius 3 is 3.00 bits per heavy atom. The van der Waals surface area contributed by atoms with Crippen LogP contribution in [-0.2, 0) is 13.1 Å².